The molecule has 172 valence electrons. The van der Waals surface area contributed by atoms with Crippen molar-refractivity contribution in [3.63, 3.8) is 0 Å². The van der Waals surface area contributed by atoms with Crippen molar-refractivity contribution in [3.05, 3.63) is 151 Å². The van der Waals surface area contributed by atoms with Gasteiger partial charge in [0.05, 0.1) is 0 Å². The van der Waals surface area contributed by atoms with Crippen LogP contribution in [0.25, 0.3) is 33.0 Å². The number of rotatable bonds is 5. The Morgan fingerprint density at radius 3 is 1.58 bits per heavy atom. The van der Waals surface area contributed by atoms with Crippen LogP contribution in [0, 0.1) is 6.92 Å². The maximum atomic E-state index is 2.33. The summed E-state index contributed by atoms with van der Waals surface area (Å²) in [5.41, 5.74) is 9.56. The Balaban J connectivity index is 1.38. The van der Waals surface area contributed by atoms with Crippen LogP contribution in [0.15, 0.2) is 146 Å². The number of nitrogens with zero attached hydrogens (tertiary/aromatic N) is 1. The van der Waals surface area contributed by atoms with E-state index in [2.05, 4.69) is 157 Å². The van der Waals surface area contributed by atoms with Gasteiger partial charge in [0.1, 0.15) is 0 Å². The van der Waals surface area contributed by atoms with E-state index in [-0.39, 0.29) is 0 Å². The van der Waals surface area contributed by atoms with Crippen LogP contribution in [0.5, 0.6) is 0 Å². The van der Waals surface area contributed by atoms with E-state index in [9.17, 15) is 0 Å². The van der Waals surface area contributed by atoms with E-state index in [4.69, 9.17) is 0 Å². The zero-order chi connectivity index (χ0) is 24.3. The second kappa shape index (κ2) is 9.56. The summed E-state index contributed by atoms with van der Waals surface area (Å²) < 4.78 is 0. The first-order valence-electron chi connectivity index (χ1n) is 12.4. The first kappa shape index (κ1) is 21.9. The van der Waals surface area contributed by atoms with Gasteiger partial charge in [-0.25, -0.2) is 0 Å². The van der Waals surface area contributed by atoms with E-state index < -0.39 is 0 Å². The van der Waals surface area contributed by atoms with Gasteiger partial charge < -0.3 is 4.90 Å². The fourth-order valence-electron chi connectivity index (χ4n) is 4.82. The Kier molecular flexibility index (Phi) is 5.81. The number of anilines is 3. The average Bonchev–Trinajstić information content (AvgIpc) is 2.94. The molecule has 0 amide bonds. The fraction of sp³-hybridized carbons (Fsp3) is 0.0286. The van der Waals surface area contributed by atoms with Crippen molar-refractivity contribution in [1.29, 1.82) is 0 Å². The van der Waals surface area contributed by atoms with E-state index in [1.54, 1.807) is 0 Å². The lowest BCUT2D eigenvalue weighted by Gasteiger charge is -2.26. The first-order valence-corrected chi connectivity index (χ1v) is 12.4. The maximum Gasteiger partial charge on any atom is 0.0464 e. The molecule has 0 atom stereocenters. The smallest absolute Gasteiger partial charge is 0.0464 e. The average molecular weight is 462 g/mol. The molecule has 0 aliphatic heterocycles. The zero-order valence-corrected chi connectivity index (χ0v) is 20.3. The molecular formula is C35H27N. The molecule has 1 nitrogen and oxygen atoms in total. The fourth-order valence-corrected chi connectivity index (χ4v) is 4.82. The Morgan fingerprint density at radius 1 is 0.361 bits per heavy atom. The summed E-state index contributed by atoms with van der Waals surface area (Å²) in [6, 6.07) is 52.1. The Morgan fingerprint density at radius 2 is 0.917 bits per heavy atom. The molecule has 1 heteroatoms. The van der Waals surface area contributed by atoms with Crippen LogP contribution in [-0.2, 0) is 0 Å². The van der Waals surface area contributed by atoms with Crippen LogP contribution in [0.2, 0.25) is 0 Å². The SMILES string of the molecule is Cc1cccc(N(c2ccc(-c3ccccc3)cc2)c2ccc(-c3ccc4ccccc4c3)cc2)c1. The molecule has 6 rings (SSSR count). The third-order valence-corrected chi connectivity index (χ3v) is 6.70. The monoisotopic (exact) mass is 461 g/mol. The lowest BCUT2D eigenvalue weighted by Crippen LogP contribution is -2.10. The van der Waals surface area contributed by atoms with Gasteiger partial charge in [-0.1, -0.05) is 103 Å². The van der Waals surface area contributed by atoms with Crippen molar-refractivity contribution in [2.75, 3.05) is 4.90 Å². The van der Waals surface area contributed by atoms with Crippen molar-refractivity contribution in [3.8, 4) is 22.3 Å². The van der Waals surface area contributed by atoms with Crippen LogP contribution in [0.4, 0.5) is 17.1 Å². The topological polar surface area (TPSA) is 3.24 Å². The van der Waals surface area contributed by atoms with Gasteiger partial charge in [-0.2, -0.15) is 0 Å². The molecular weight excluding hydrogens is 434 g/mol. The van der Waals surface area contributed by atoms with Gasteiger partial charge in [-0.15, -0.1) is 0 Å². The molecule has 0 spiro atoms. The summed E-state index contributed by atoms with van der Waals surface area (Å²) in [6.07, 6.45) is 0. The zero-order valence-electron chi connectivity index (χ0n) is 20.3. The van der Waals surface area contributed by atoms with E-state index in [1.165, 1.54) is 38.6 Å². The second-order valence-electron chi connectivity index (χ2n) is 9.20. The Labute approximate surface area is 212 Å². The number of hydrogen-bond acceptors (Lipinski definition) is 1. The standard InChI is InChI=1S/C35H27N/c1-26-8-7-13-35(24-26)36(33-20-16-29(17-21-33)27-9-3-2-4-10-27)34-22-18-30(19-23-34)32-15-14-28-11-5-6-12-31(28)25-32/h2-25H,1H3. The number of fused-ring (bicyclic) bond motifs is 1. The summed E-state index contributed by atoms with van der Waals surface area (Å²) in [5, 5.41) is 2.53. The highest BCUT2D eigenvalue weighted by molar-refractivity contribution is 5.88. The minimum Gasteiger partial charge on any atom is -0.310 e. The Bertz CT molecular complexity index is 1610. The Hall–Kier alpha value is -4.62. The van der Waals surface area contributed by atoms with E-state index >= 15 is 0 Å². The van der Waals surface area contributed by atoms with Gasteiger partial charge >= 0.3 is 0 Å². The molecule has 0 N–H and O–H groups in total. The van der Waals surface area contributed by atoms with Gasteiger partial charge in [-0.05, 0) is 88.0 Å². The van der Waals surface area contributed by atoms with Crippen LogP contribution in [0.1, 0.15) is 5.56 Å². The third-order valence-electron chi connectivity index (χ3n) is 6.70. The highest BCUT2D eigenvalue weighted by atomic mass is 15.1. The lowest BCUT2D eigenvalue weighted by atomic mass is 10.0. The normalized spacial score (nSPS) is 10.9. The molecule has 0 aliphatic rings. The summed E-state index contributed by atoms with van der Waals surface area (Å²) in [5.74, 6) is 0. The lowest BCUT2D eigenvalue weighted by molar-refractivity contribution is 1.27. The number of aryl methyl sites for hydroxylation is 1. The molecule has 6 aromatic rings. The van der Waals surface area contributed by atoms with Crippen LogP contribution in [-0.4, -0.2) is 0 Å². The molecule has 6 aromatic carbocycles. The van der Waals surface area contributed by atoms with Gasteiger partial charge in [-0.3, -0.25) is 0 Å². The number of benzene rings is 6. The van der Waals surface area contributed by atoms with E-state index in [0.29, 0.717) is 0 Å². The molecule has 0 aliphatic carbocycles. The van der Waals surface area contributed by atoms with Crippen molar-refractivity contribution < 1.29 is 0 Å². The highest BCUT2D eigenvalue weighted by Gasteiger charge is 2.13. The van der Waals surface area contributed by atoms with Gasteiger partial charge in [0.15, 0.2) is 0 Å². The predicted molar refractivity (Wildman–Crippen MR) is 154 cm³/mol. The van der Waals surface area contributed by atoms with Crippen LogP contribution < -0.4 is 4.90 Å². The molecule has 0 unspecified atom stereocenters. The summed E-state index contributed by atoms with van der Waals surface area (Å²) in [4.78, 5) is 2.33. The molecule has 0 heterocycles. The molecule has 0 bridgehead atoms. The van der Waals surface area contributed by atoms with Gasteiger partial charge in [0.2, 0.25) is 0 Å². The van der Waals surface area contributed by atoms with Gasteiger partial charge in [0, 0.05) is 17.1 Å². The van der Waals surface area contributed by atoms with Crippen LogP contribution >= 0.6 is 0 Å². The van der Waals surface area contributed by atoms with Crippen molar-refractivity contribution in [1.82, 2.24) is 0 Å². The summed E-state index contributed by atoms with van der Waals surface area (Å²) in [6.45, 7) is 2.14. The maximum absolute atomic E-state index is 2.33. The van der Waals surface area contributed by atoms with Crippen LogP contribution in [0.3, 0.4) is 0 Å². The minimum atomic E-state index is 1.14. The van der Waals surface area contributed by atoms with Crippen molar-refractivity contribution >= 4 is 27.8 Å². The highest BCUT2D eigenvalue weighted by Crippen LogP contribution is 2.37. The molecule has 0 saturated carbocycles. The molecule has 0 saturated heterocycles. The third kappa shape index (κ3) is 4.39. The van der Waals surface area contributed by atoms with E-state index in [0.717, 1.165) is 17.1 Å². The second-order valence-corrected chi connectivity index (χ2v) is 9.20. The quantitative estimate of drug-likeness (QED) is 0.247. The predicted octanol–water partition coefficient (Wildman–Crippen LogP) is 9.95. The number of hydrogen-bond donors (Lipinski definition) is 0. The molecule has 0 fully saturated rings. The van der Waals surface area contributed by atoms with Gasteiger partial charge in [0.25, 0.3) is 0 Å². The van der Waals surface area contributed by atoms with Crippen molar-refractivity contribution in [2.24, 2.45) is 0 Å². The van der Waals surface area contributed by atoms with Crippen molar-refractivity contribution in [2.45, 2.75) is 6.92 Å². The minimum absolute atomic E-state index is 1.14. The summed E-state index contributed by atoms with van der Waals surface area (Å²) in [7, 11) is 0. The molecule has 36 heavy (non-hydrogen) atoms. The first-order chi connectivity index (χ1) is 17.7. The van der Waals surface area contributed by atoms with E-state index in [1.807, 2.05) is 0 Å². The molecule has 0 aromatic heterocycles. The largest absolute Gasteiger partial charge is 0.310 e. The summed E-state index contributed by atoms with van der Waals surface area (Å²) >= 11 is 0. The molecule has 0 radical (unpaired) electrons.